The van der Waals surface area contributed by atoms with E-state index in [9.17, 15) is 9.90 Å². The van der Waals surface area contributed by atoms with E-state index in [0.29, 0.717) is 16.5 Å². The van der Waals surface area contributed by atoms with Gasteiger partial charge in [-0.2, -0.15) is 0 Å². The number of aliphatic hydroxyl groups is 1. The average molecular weight is 329 g/mol. The molecule has 0 saturated carbocycles. The Morgan fingerprint density at radius 1 is 1.57 bits per heavy atom. The first-order chi connectivity index (χ1) is 9.99. The van der Waals surface area contributed by atoms with Gasteiger partial charge < -0.3 is 15.7 Å². The van der Waals surface area contributed by atoms with E-state index in [1.165, 1.54) is 11.3 Å². The molecule has 4 nitrogen and oxygen atoms in total. The molecule has 2 rings (SSSR count). The molecule has 0 amide bonds. The van der Waals surface area contributed by atoms with Crippen LogP contribution in [0, 0.1) is 11.8 Å². The van der Waals surface area contributed by atoms with E-state index in [1.54, 1.807) is 11.8 Å². The van der Waals surface area contributed by atoms with Gasteiger partial charge in [0.05, 0.1) is 15.5 Å². The Hall–Kier alpha value is -0.720. The summed E-state index contributed by atoms with van der Waals surface area (Å²) in [6.45, 7) is 5.85. The highest BCUT2D eigenvalue weighted by Crippen LogP contribution is 2.45. The summed E-state index contributed by atoms with van der Waals surface area (Å²) in [7, 11) is 0. The summed E-state index contributed by atoms with van der Waals surface area (Å²) in [5, 5.41) is 10.5. The van der Waals surface area contributed by atoms with Crippen LogP contribution in [-0.4, -0.2) is 36.8 Å². The largest absolute Gasteiger partial charge is 0.396 e. The number of hydrogen-bond donors (Lipinski definition) is 2. The first kappa shape index (κ1) is 16.6. The molecule has 1 aromatic rings. The van der Waals surface area contributed by atoms with Crippen LogP contribution < -0.4 is 10.6 Å². The van der Waals surface area contributed by atoms with E-state index in [1.807, 2.05) is 20.1 Å². The number of thiophene rings is 1. The van der Waals surface area contributed by atoms with Gasteiger partial charge in [0.2, 0.25) is 0 Å². The van der Waals surface area contributed by atoms with Gasteiger partial charge in [-0.05, 0) is 25.0 Å². The maximum atomic E-state index is 12.3. The second-order valence-corrected chi connectivity index (χ2v) is 7.65. The monoisotopic (exact) mass is 328 g/mol. The number of anilines is 2. The molecule has 1 aromatic heterocycles. The van der Waals surface area contributed by atoms with Crippen molar-refractivity contribution >= 4 is 39.6 Å². The molecule has 6 heteroatoms. The zero-order valence-electron chi connectivity index (χ0n) is 12.9. The topological polar surface area (TPSA) is 66.6 Å². The molecule has 3 N–H and O–H groups in total. The number of ketones is 1. The van der Waals surface area contributed by atoms with Gasteiger partial charge in [0.25, 0.3) is 0 Å². The number of Topliss-reactive ketones (excluding diaryl/α,β-unsaturated/α-hetero) is 1. The van der Waals surface area contributed by atoms with E-state index >= 15 is 0 Å². The molecule has 21 heavy (non-hydrogen) atoms. The van der Waals surface area contributed by atoms with Crippen molar-refractivity contribution in [1.82, 2.24) is 0 Å². The molecule has 0 aliphatic carbocycles. The normalized spacial score (nSPS) is 19.3. The number of piperidine rings is 1. The summed E-state index contributed by atoms with van der Waals surface area (Å²) in [5.74, 6) is 0.399. The van der Waals surface area contributed by atoms with Crippen molar-refractivity contribution in [3.63, 3.8) is 0 Å². The van der Waals surface area contributed by atoms with Gasteiger partial charge in [0.1, 0.15) is 5.00 Å². The third-order valence-corrected chi connectivity index (χ3v) is 6.13. The van der Waals surface area contributed by atoms with E-state index in [2.05, 4.69) is 4.90 Å². The quantitative estimate of drug-likeness (QED) is 0.642. The summed E-state index contributed by atoms with van der Waals surface area (Å²) in [5.41, 5.74) is 6.85. The first-order valence-corrected chi connectivity index (χ1v) is 9.40. The Kier molecular flexibility index (Phi) is 5.57. The Bertz CT molecular complexity index is 514. The molecule has 2 heterocycles. The summed E-state index contributed by atoms with van der Waals surface area (Å²) in [6, 6.07) is 0. The maximum Gasteiger partial charge on any atom is 0.177 e. The summed E-state index contributed by atoms with van der Waals surface area (Å²) < 4.78 is 0. The van der Waals surface area contributed by atoms with Crippen LogP contribution in [0.3, 0.4) is 0 Å². The number of thioether (sulfide) groups is 1. The van der Waals surface area contributed by atoms with Crippen molar-refractivity contribution in [2.75, 3.05) is 36.6 Å². The fourth-order valence-electron chi connectivity index (χ4n) is 2.67. The number of rotatable bonds is 5. The Morgan fingerprint density at radius 2 is 2.29 bits per heavy atom. The summed E-state index contributed by atoms with van der Waals surface area (Å²) in [4.78, 5) is 16.3. The number of carbonyl (C=O) groups excluding carboxylic acids is 1. The minimum atomic E-state index is -0.0416. The highest BCUT2D eigenvalue weighted by atomic mass is 32.2. The number of nitrogens with two attached hydrogens (primary N) is 1. The predicted octanol–water partition coefficient (Wildman–Crippen LogP) is 3.10. The van der Waals surface area contributed by atoms with Gasteiger partial charge in [-0.15, -0.1) is 23.1 Å². The Balaban J connectivity index is 2.35. The minimum absolute atomic E-state index is 0.0416. The van der Waals surface area contributed by atoms with Crippen LogP contribution in [0.1, 0.15) is 36.4 Å². The van der Waals surface area contributed by atoms with Gasteiger partial charge in [-0.1, -0.05) is 13.8 Å². The van der Waals surface area contributed by atoms with E-state index in [4.69, 9.17) is 5.73 Å². The molecule has 1 saturated heterocycles. The van der Waals surface area contributed by atoms with Crippen LogP contribution >= 0.6 is 23.1 Å². The second kappa shape index (κ2) is 7.03. The zero-order chi connectivity index (χ0) is 15.6. The lowest BCUT2D eigenvalue weighted by molar-refractivity contribution is 0.0944. The van der Waals surface area contributed by atoms with Crippen molar-refractivity contribution in [3.05, 3.63) is 4.88 Å². The lowest BCUT2D eigenvalue weighted by Crippen LogP contribution is -2.36. The van der Waals surface area contributed by atoms with Gasteiger partial charge in [0, 0.05) is 25.6 Å². The maximum absolute atomic E-state index is 12.3. The number of aliphatic hydroxyl groups excluding tert-OH is 1. The molecular formula is C15H24N2O2S2. The Labute approximate surface area is 134 Å². The first-order valence-electron chi connectivity index (χ1n) is 7.35. The van der Waals surface area contributed by atoms with Gasteiger partial charge in [0.15, 0.2) is 5.78 Å². The molecule has 0 spiro atoms. The van der Waals surface area contributed by atoms with E-state index < -0.39 is 0 Å². The van der Waals surface area contributed by atoms with Crippen LogP contribution in [0.25, 0.3) is 0 Å². The van der Waals surface area contributed by atoms with E-state index in [0.717, 1.165) is 35.8 Å². The molecule has 1 unspecified atom stereocenters. The SMILES string of the molecule is CSc1c(N2CCCC(CO)C2)sc(C(=O)C(C)C)c1N. The van der Waals surface area contributed by atoms with Crippen molar-refractivity contribution in [1.29, 1.82) is 0 Å². The number of hydrogen-bond acceptors (Lipinski definition) is 6. The van der Waals surface area contributed by atoms with E-state index in [-0.39, 0.29) is 18.3 Å². The highest BCUT2D eigenvalue weighted by molar-refractivity contribution is 7.99. The molecule has 118 valence electrons. The van der Waals surface area contributed by atoms with Crippen molar-refractivity contribution in [2.24, 2.45) is 11.8 Å². The average Bonchev–Trinajstić information content (AvgIpc) is 2.83. The fraction of sp³-hybridized carbons (Fsp3) is 0.667. The number of nitrogen functional groups attached to an aromatic ring is 1. The van der Waals surface area contributed by atoms with Crippen LogP contribution in [0.4, 0.5) is 10.7 Å². The zero-order valence-corrected chi connectivity index (χ0v) is 14.5. The van der Waals surface area contributed by atoms with Gasteiger partial charge in [-0.3, -0.25) is 4.79 Å². The van der Waals surface area contributed by atoms with Crippen LogP contribution in [0.15, 0.2) is 4.90 Å². The third kappa shape index (κ3) is 3.38. The Morgan fingerprint density at radius 3 is 2.86 bits per heavy atom. The molecule has 0 radical (unpaired) electrons. The van der Waals surface area contributed by atoms with Crippen LogP contribution in [0.5, 0.6) is 0 Å². The number of nitrogens with zero attached hydrogens (tertiary/aromatic N) is 1. The fourth-order valence-corrected chi connectivity index (χ4v) is 4.97. The van der Waals surface area contributed by atoms with Gasteiger partial charge in [-0.25, -0.2) is 0 Å². The van der Waals surface area contributed by atoms with Crippen LogP contribution in [0.2, 0.25) is 0 Å². The molecular weight excluding hydrogens is 304 g/mol. The highest BCUT2D eigenvalue weighted by Gasteiger charge is 2.28. The van der Waals surface area contributed by atoms with Crippen molar-refractivity contribution in [2.45, 2.75) is 31.6 Å². The van der Waals surface area contributed by atoms with Gasteiger partial charge >= 0.3 is 0 Å². The molecule has 1 aliphatic heterocycles. The van der Waals surface area contributed by atoms with Crippen molar-refractivity contribution < 1.29 is 9.90 Å². The smallest absolute Gasteiger partial charge is 0.177 e. The third-order valence-electron chi connectivity index (χ3n) is 3.90. The summed E-state index contributed by atoms with van der Waals surface area (Å²) >= 11 is 3.12. The molecule has 1 atom stereocenters. The molecule has 1 fully saturated rings. The second-order valence-electron chi connectivity index (χ2n) is 5.84. The standard InChI is InChI=1S/C15H24N2O2S2/c1-9(2)12(19)13-11(16)14(20-3)15(21-13)17-6-4-5-10(7-17)8-18/h9-10,18H,4-8,16H2,1-3H3. The lowest BCUT2D eigenvalue weighted by Gasteiger charge is -2.33. The minimum Gasteiger partial charge on any atom is -0.396 e. The lowest BCUT2D eigenvalue weighted by atomic mass is 9.99. The summed E-state index contributed by atoms with van der Waals surface area (Å²) in [6.07, 6.45) is 4.14. The van der Waals surface area contributed by atoms with Crippen molar-refractivity contribution in [3.8, 4) is 0 Å². The molecule has 0 bridgehead atoms. The molecule has 0 aromatic carbocycles. The number of carbonyl (C=O) groups is 1. The molecule has 1 aliphatic rings. The van der Waals surface area contributed by atoms with Crippen LogP contribution in [-0.2, 0) is 0 Å². The predicted molar refractivity (Wildman–Crippen MR) is 91.7 cm³/mol.